The Morgan fingerprint density at radius 3 is 2.29 bits per heavy atom. The van der Waals surface area contributed by atoms with Gasteiger partial charge in [-0.2, -0.15) is 5.06 Å². The van der Waals surface area contributed by atoms with Crippen molar-refractivity contribution < 1.29 is 29.0 Å². The third-order valence-corrected chi connectivity index (χ3v) is 4.73. The van der Waals surface area contributed by atoms with Crippen LogP contribution in [0.15, 0.2) is 76.4 Å². The summed E-state index contributed by atoms with van der Waals surface area (Å²) in [5.74, 6) is 0.156. The first-order valence-corrected chi connectivity index (χ1v) is 10.2. The second-order valence-electron chi connectivity index (χ2n) is 7.20. The number of benzene rings is 2. The summed E-state index contributed by atoms with van der Waals surface area (Å²) in [5.41, 5.74) is -0.402. The normalized spacial score (nSPS) is 12.4. The predicted octanol–water partition coefficient (Wildman–Crippen LogP) is 1.90. The van der Waals surface area contributed by atoms with Crippen LogP contribution >= 0.6 is 0 Å². The largest absolute Gasteiger partial charge is 0.539 e. The number of aryl methyl sites for hydroxylation is 1. The molecule has 0 spiro atoms. The molecule has 1 heterocycles. The van der Waals surface area contributed by atoms with Crippen molar-refractivity contribution in [3.05, 3.63) is 98.8 Å². The number of hydrogen-bond donors (Lipinski definition) is 1. The van der Waals surface area contributed by atoms with E-state index in [1.54, 1.807) is 55.5 Å². The molecule has 0 saturated carbocycles. The van der Waals surface area contributed by atoms with Crippen LogP contribution in [0.2, 0.25) is 0 Å². The van der Waals surface area contributed by atoms with Crippen LogP contribution in [0.25, 0.3) is 0 Å². The Morgan fingerprint density at radius 1 is 1.06 bits per heavy atom. The SMILES string of the molecule is Cc1cn(C(C)OC(CN(OC(=O)Oc2ccccc2)C(=O)[O-])c2ccccc2)c(=O)[nH]c1=O. The van der Waals surface area contributed by atoms with E-state index in [0.717, 1.165) is 4.57 Å². The second kappa shape index (κ2) is 11.0. The number of nitrogens with one attached hydrogen (secondary N) is 1. The van der Waals surface area contributed by atoms with Gasteiger partial charge in [0.2, 0.25) is 0 Å². The highest BCUT2D eigenvalue weighted by atomic mass is 16.8. The zero-order valence-corrected chi connectivity index (χ0v) is 18.4. The van der Waals surface area contributed by atoms with Gasteiger partial charge in [0, 0.05) is 11.8 Å². The molecule has 0 aliphatic rings. The van der Waals surface area contributed by atoms with Crippen molar-refractivity contribution in [3.63, 3.8) is 0 Å². The first kappa shape index (κ1) is 24.3. The topological polar surface area (TPSA) is 143 Å². The maximum absolute atomic E-state index is 12.2. The number of hydroxylamine groups is 2. The average Bonchev–Trinajstić information content (AvgIpc) is 2.81. The highest BCUT2D eigenvalue weighted by molar-refractivity contribution is 5.68. The molecule has 34 heavy (non-hydrogen) atoms. The van der Waals surface area contributed by atoms with Crippen molar-refractivity contribution >= 4 is 12.2 Å². The fraction of sp³-hybridized carbons (Fsp3) is 0.217. The van der Waals surface area contributed by atoms with E-state index in [-0.39, 0.29) is 16.4 Å². The molecule has 0 fully saturated rings. The molecular formula is C23H22N3O8-. The molecule has 11 nitrogen and oxygen atoms in total. The van der Waals surface area contributed by atoms with Crippen molar-refractivity contribution in [2.45, 2.75) is 26.2 Å². The summed E-state index contributed by atoms with van der Waals surface area (Å²) in [4.78, 5) is 54.7. The summed E-state index contributed by atoms with van der Waals surface area (Å²) in [6.45, 7) is 2.58. The van der Waals surface area contributed by atoms with E-state index >= 15 is 0 Å². The molecule has 0 aliphatic carbocycles. The third kappa shape index (κ3) is 6.33. The lowest BCUT2D eigenvalue weighted by molar-refractivity contribution is -0.297. The van der Waals surface area contributed by atoms with E-state index in [1.807, 2.05) is 0 Å². The monoisotopic (exact) mass is 468 g/mol. The zero-order valence-electron chi connectivity index (χ0n) is 18.4. The molecule has 0 saturated heterocycles. The van der Waals surface area contributed by atoms with Crippen LogP contribution in [0.1, 0.15) is 30.4 Å². The Labute approximate surface area is 193 Å². The Bertz CT molecular complexity index is 1240. The first-order valence-electron chi connectivity index (χ1n) is 10.2. The van der Waals surface area contributed by atoms with Gasteiger partial charge < -0.3 is 24.2 Å². The van der Waals surface area contributed by atoms with E-state index in [0.29, 0.717) is 5.56 Å². The Kier molecular flexibility index (Phi) is 7.83. The van der Waals surface area contributed by atoms with Gasteiger partial charge in [0.1, 0.15) is 18.1 Å². The highest BCUT2D eigenvalue weighted by Gasteiger charge is 2.24. The minimum Gasteiger partial charge on any atom is -0.528 e. The van der Waals surface area contributed by atoms with Crippen LogP contribution in [0.3, 0.4) is 0 Å². The number of carboxylic acid groups (broad SMARTS) is 1. The van der Waals surface area contributed by atoms with Gasteiger partial charge in [-0.05, 0) is 31.5 Å². The summed E-state index contributed by atoms with van der Waals surface area (Å²) < 4.78 is 12.1. The van der Waals surface area contributed by atoms with Crippen LogP contribution in [0.4, 0.5) is 9.59 Å². The molecule has 2 aromatic carbocycles. The van der Waals surface area contributed by atoms with E-state index in [9.17, 15) is 24.3 Å². The molecule has 2 unspecified atom stereocenters. The standard InChI is InChI=1S/C23H23N3O8/c1-15-13-25(21(28)24-20(15)27)16(2)32-19(17-9-5-3-6-10-17)14-26(22(29)30)34-23(31)33-18-11-7-4-8-12-18/h3-13,16,19H,14H2,1-2H3,(H,29,30)(H,24,27,28)/p-1. The number of aromatic nitrogens is 2. The van der Waals surface area contributed by atoms with Gasteiger partial charge in [-0.3, -0.25) is 14.3 Å². The smallest absolute Gasteiger partial charge is 0.528 e. The van der Waals surface area contributed by atoms with Gasteiger partial charge in [0.15, 0.2) is 6.09 Å². The fourth-order valence-corrected chi connectivity index (χ4v) is 3.05. The lowest BCUT2D eigenvalue weighted by atomic mass is 10.1. The molecular weight excluding hydrogens is 446 g/mol. The lowest BCUT2D eigenvalue weighted by Crippen LogP contribution is -2.45. The van der Waals surface area contributed by atoms with E-state index < -0.39 is 42.4 Å². The van der Waals surface area contributed by atoms with Crippen molar-refractivity contribution in [2.75, 3.05) is 6.54 Å². The van der Waals surface area contributed by atoms with Crippen LogP contribution in [0, 0.1) is 6.92 Å². The number of ether oxygens (including phenoxy) is 2. The van der Waals surface area contributed by atoms with Crippen molar-refractivity contribution in [1.82, 2.24) is 14.6 Å². The molecule has 0 bridgehead atoms. The van der Waals surface area contributed by atoms with Crippen molar-refractivity contribution in [1.29, 1.82) is 0 Å². The second-order valence-corrected chi connectivity index (χ2v) is 7.20. The van der Waals surface area contributed by atoms with Gasteiger partial charge in [0.25, 0.3) is 5.56 Å². The number of amides is 1. The molecule has 1 amide bonds. The molecule has 1 aromatic heterocycles. The van der Waals surface area contributed by atoms with Crippen molar-refractivity contribution in [2.24, 2.45) is 0 Å². The van der Waals surface area contributed by atoms with E-state index in [1.165, 1.54) is 25.3 Å². The number of rotatable bonds is 7. The quantitative estimate of drug-likeness (QED) is 0.315. The average molecular weight is 468 g/mol. The number of nitrogens with zero attached hydrogens (tertiary/aromatic N) is 2. The number of carbonyl (C=O) groups is 2. The summed E-state index contributed by atoms with van der Waals surface area (Å²) in [5, 5.41) is 12.0. The predicted molar refractivity (Wildman–Crippen MR) is 117 cm³/mol. The van der Waals surface area contributed by atoms with Gasteiger partial charge in [-0.1, -0.05) is 48.5 Å². The minimum atomic E-state index is -1.81. The number of para-hydroxylation sites is 1. The van der Waals surface area contributed by atoms with E-state index in [2.05, 4.69) is 4.98 Å². The summed E-state index contributed by atoms with van der Waals surface area (Å²) in [7, 11) is 0. The Morgan fingerprint density at radius 2 is 1.68 bits per heavy atom. The molecule has 0 radical (unpaired) electrons. The van der Waals surface area contributed by atoms with E-state index in [4.69, 9.17) is 14.3 Å². The minimum absolute atomic E-state index is 0.156. The lowest BCUT2D eigenvalue weighted by Gasteiger charge is -2.29. The first-order chi connectivity index (χ1) is 16.2. The highest BCUT2D eigenvalue weighted by Crippen LogP contribution is 2.24. The number of carbonyl (C=O) groups excluding carboxylic acids is 2. The number of hydrogen-bond acceptors (Lipinski definition) is 8. The molecule has 178 valence electrons. The molecule has 0 aliphatic heterocycles. The Hall–Kier alpha value is -4.38. The number of H-pyrrole nitrogens is 1. The molecule has 3 aromatic rings. The van der Waals surface area contributed by atoms with Gasteiger partial charge >= 0.3 is 11.8 Å². The third-order valence-electron chi connectivity index (χ3n) is 4.73. The molecule has 3 rings (SSSR count). The van der Waals surface area contributed by atoms with Gasteiger partial charge in [0.05, 0.1) is 6.54 Å². The number of aromatic amines is 1. The van der Waals surface area contributed by atoms with Crippen molar-refractivity contribution in [3.8, 4) is 5.75 Å². The van der Waals surface area contributed by atoms with Gasteiger partial charge in [-0.15, -0.1) is 0 Å². The molecule has 11 heteroatoms. The summed E-state index contributed by atoms with van der Waals surface area (Å²) in [6.07, 6.45) is -3.68. The van der Waals surface area contributed by atoms with Crippen LogP contribution in [-0.4, -0.2) is 33.4 Å². The Balaban J connectivity index is 1.81. The zero-order chi connectivity index (χ0) is 24.7. The summed E-state index contributed by atoms with van der Waals surface area (Å²) >= 11 is 0. The van der Waals surface area contributed by atoms with Crippen LogP contribution < -0.4 is 21.1 Å². The summed E-state index contributed by atoms with van der Waals surface area (Å²) in [6, 6.07) is 16.5. The van der Waals surface area contributed by atoms with Crippen LogP contribution in [0.5, 0.6) is 5.75 Å². The van der Waals surface area contributed by atoms with Gasteiger partial charge in [-0.25, -0.2) is 9.59 Å². The maximum atomic E-state index is 12.2. The fourth-order valence-electron chi connectivity index (χ4n) is 3.05. The molecule has 2 atom stereocenters. The molecule has 1 N–H and O–H groups in total. The maximum Gasteiger partial charge on any atom is 0.539 e. The van der Waals surface area contributed by atoms with Crippen LogP contribution in [-0.2, 0) is 9.57 Å².